The summed E-state index contributed by atoms with van der Waals surface area (Å²) >= 11 is 3.80. The van der Waals surface area contributed by atoms with Crippen molar-refractivity contribution in [3.63, 3.8) is 0 Å². The molecule has 0 aliphatic rings. The molecule has 10 aromatic rings. The van der Waals surface area contributed by atoms with Crippen molar-refractivity contribution in [1.82, 2.24) is 4.57 Å². The van der Waals surface area contributed by atoms with Crippen LogP contribution in [0.4, 0.5) is 0 Å². The lowest BCUT2D eigenvalue weighted by Crippen LogP contribution is -1.94. The van der Waals surface area contributed by atoms with Gasteiger partial charge in [-0.15, -0.1) is 22.7 Å². The van der Waals surface area contributed by atoms with E-state index in [9.17, 15) is 0 Å². The van der Waals surface area contributed by atoms with Gasteiger partial charge in [0.1, 0.15) is 0 Å². The zero-order valence-electron chi connectivity index (χ0n) is 23.0. The van der Waals surface area contributed by atoms with E-state index < -0.39 is 0 Å². The maximum atomic E-state index is 2.50. The molecule has 0 saturated heterocycles. The van der Waals surface area contributed by atoms with Gasteiger partial charge in [0.15, 0.2) is 0 Å². The molecule has 0 aliphatic carbocycles. The van der Waals surface area contributed by atoms with E-state index in [1.807, 2.05) is 22.7 Å². The molecule has 0 bridgehead atoms. The van der Waals surface area contributed by atoms with Crippen LogP contribution in [0.5, 0.6) is 0 Å². The highest BCUT2D eigenvalue weighted by atomic mass is 32.1. The first-order valence-electron chi connectivity index (χ1n) is 14.6. The van der Waals surface area contributed by atoms with Crippen LogP contribution in [0.1, 0.15) is 0 Å². The fraction of sp³-hybridized carbons (Fsp3) is 0. The Morgan fingerprint density at radius 3 is 1.77 bits per heavy atom. The van der Waals surface area contributed by atoms with E-state index in [1.54, 1.807) is 0 Å². The maximum Gasteiger partial charge on any atom is 0.0726 e. The molecule has 43 heavy (non-hydrogen) atoms. The van der Waals surface area contributed by atoms with E-state index in [4.69, 9.17) is 0 Å². The van der Waals surface area contributed by atoms with E-state index in [1.165, 1.54) is 89.7 Å². The molecular weight excluding hydrogens is 559 g/mol. The van der Waals surface area contributed by atoms with Crippen LogP contribution in [-0.4, -0.2) is 4.57 Å². The molecule has 0 spiro atoms. The zero-order valence-corrected chi connectivity index (χ0v) is 24.7. The SMILES string of the molecule is c1ccc2c(c1)sc1c(-c3ccc(-n4c5ccccc5c5c6ccccc6c6c7ccccc7sc6c54)cc3)cccc12. The fourth-order valence-corrected chi connectivity index (χ4v) is 9.66. The Kier molecular flexibility index (Phi) is 4.81. The van der Waals surface area contributed by atoms with Gasteiger partial charge in [-0.2, -0.15) is 0 Å². The van der Waals surface area contributed by atoms with Crippen molar-refractivity contribution in [1.29, 1.82) is 0 Å². The third-order valence-corrected chi connectivity index (χ3v) is 11.4. The summed E-state index contributed by atoms with van der Waals surface area (Å²) in [7, 11) is 0. The predicted molar refractivity (Wildman–Crippen MR) is 190 cm³/mol. The fourth-order valence-electron chi connectivity index (χ4n) is 7.16. The highest BCUT2D eigenvalue weighted by Gasteiger charge is 2.21. The normalized spacial score (nSPS) is 12.2. The molecule has 0 N–H and O–H groups in total. The Labute approximate surface area is 255 Å². The average molecular weight is 582 g/mol. The molecule has 0 radical (unpaired) electrons. The number of hydrogen-bond acceptors (Lipinski definition) is 2. The third kappa shape index (κ3) is 3.21. The second kappa shape index (κ2) is 8.78. The van der Waals surface area contributed by atoms with Gasteiger partial charge in [-0.05, 0) is 52.2 Å². The quantitative estimate of drug-likeness (QED) is 0.191. The molecule has 0 saturated carbocycles. The van der Waals surface area contributed by atoms with Crippen molar-refractivity contribution in [3.8, 4) is 16.8 Å². The number of benzene rings is 7. The van der Waals surface area contributed by atoms with Crippen LogP contribution in [0, 0.1) is 0 Å². The highest BCUT2D eigenvalue weighted by Crippen LogP contribution is 2.48. The molecule has 10 rings (SSSR count). The molecule has 0 aliphatic heterocycles. The summed E-state index contributed by atoms with van der Waals surface area (Å²) in [5, 5.41) is 10.7. The van der Waals surface area contributed by atoms with Crippen molar-refractivity contribution in [2.75, 3.05) is 0 Å². The summed E-state index contributed by atoms with van der Waals surface area (Å²) in [4.78, 5) is 0. The van der Waals surface area contributed by atoms with Crippen molar-refractivity contribution >= 4 is 95.6 Å². The predicted octanol–water partition coefficient (Wildman–Crippen LogP) is 12.3. The molecule has 0 fully saturated rings. The number of fused-ring (bicyclic) bond motifs is 13. The Balaban J connectivity index is 1.28. The van der Waals surface area contributed by atoms with Crippen LogP contribution >= 0.6 is 22.7 Å². The number of hydrogen-bond donors (Lipinski definition) is 0. The van der Waals surface area contributed by atoms with Crippen LogP contribution in [0.2, 0.25) is 0 Å². The van der Waals surface area contributed by atoms with Crippen LogP contribution in [0.15, 0.2) is 140 Å². The first kappa shape index (κ1) is 23.6. The van der Waals surface area contributed by atoms with Gasteiger partial charge < -0.3 is 4.57 Å². The van der Waals surface area contributed by atoms with Gasteiger partial charge in [-0.25, -0.2) is 0 Å². The van der Waals surface area contributed by atoms with E-state index in [-0.39, 0.29) is 0 Å². The number of rotatable bonds is 2. The van der Waals surface area contributed by atoms with Gasteiger partial charge in [0.05, 0.1) is 15.7 Å². The molecule has 1 nitrogen and oxygen atoms in total. The standard InChI is InChI=1S/C40H23NS2/c1-2-12-29-28(11-1)36-31-13-3-6-17-33(31)41(38(36)40-37(29)32-14-5-8-19-35(32)43-40)25-22-20-24(21-23-25)26-15-9-16-30-27-10-4-7-18-34(27)42-39(26)30/h1-23H. The zero-order chi connectivity index (χ0) is 28.1. The van der Waals surface area contributed by atoms with Crippen molar-refractivity contribution in [2.24, 2.45) is 0 Å². The second-order valence-electron chi connectivity index (χ2n) is 11.3. The lowest BCUT2D eigenvalue weighted by atomic mass is 9.99. The Morgan fingerprint density at radius 1 is 0.395 bits per heavy atom. The molecule has 3 heterocycles. The van der Waals surface area contributed by atoms with Crippen LogP contribution in [-0.2, 0) is 0 Å². The van der Waals surface area contributed by atoms with Gasteiger partial charge >= 0.3 is 0 Å². The van der Waals surface area contributed by atoms with Crippen LogP contribution < -0.4 is 0 Å². The minimum atomic E-state index is 1.19. The topological polar surface area (TPSA) is 4.93 Å². The molecular formula is C40H23NS2. The van der Waals surface area contributed by atoms with E-state index in [0.29, 0.717) is 0 Å². The summed E-state index contributed by atoms with van der Waals surface area (Å²) in [5.74, 6) is 0. The minimum absolute atomic E-state index is 1.19. The molecule has 0 unspecified atom stereocenters. The first-order chi connectivity index (χ1) is 21.3. The molecule has 0 amide bonds. The summed E-state index contributed by atoms with van der Waals surface area (Å²) in [6.07, 6.45) is 0. The van der Waals surface area contributed by atoms with Gasteiger partial charge in [0.2, 0.25) is 0 Å². The van der Waals surface area contributed by atoms with Gasteiger partial charge in [0, 0.05) is 52.1 Å². The number of aromatic nitrogens is 1. The lowest BCUT2D eigenvalue weighted by Gasteiger charge is -2.11. The second-order valence-corrected chi connectivity index (χ2v) is 13.4. The van der Waals surface area contributed by atoms with E-state index in [0.717, 1.165) is 0 Å². The maximum absolute atomic E-state index is 2.50. The van der Waals surface area contributed by atoms with E-state index >= 15 is 0 Å². The van der Waals surface area contributed by atoms with Crippen molar-refractivity contribution < 1.29 is 0 Å². The number of thiophene rings is 2. The van der Waals surface area contributed by atoms with Crippen LogP contribution in [0.25, 0.3) is 89.7 Å². The van der Waals surface area contributed by atoms with Gasteiger partial charge in [-0.1, -0.05) is 109 Å². The smallest absolute Gasteiger partial charge is 0.0726 e. The third-order valence-electron chi connectivity index (χ3n) is 8.99. The molecule has 3 heteroatoms. The van der Waals surface area contributed by atoms with Gasteiger partial charge in [-0.3, -0.25) is 0 Å². The average Bonchev–Trinajstić information content (AvgIpc) is 3.75. The lowest BCUT2D eigenvalue weighted by molar-refractivity contribution is 1.19. The molecule has 3 aromatic heterocycles. The Bertz CT molecular complexity index is 2720. The van der Waals surface area contributed by atoms with Crippen LogP contribution in [0.3, 0.4) is 0 Å². The molecule has 0 atom stereocenters. The molecule has 200 valence electrons. The Hall–Kier alpha value is -4.96. The largest absolute Gasteiger partial charge is 0.308 e. The highest BCUT2D eigenvalue weighted by molar-refractivity contribution is 7.27. The summed E-state index contributed by atoms with van der Waals surface area (Å²) in [5.41, 5.74) is 6.28. The Morgan fingerprint density at radius 2 is 0.977 bits per heavy atom. The van der Waals surface area contributed by atoms with Crippen molar-refractivity contribution in [3.05, 3.63) is 140 Å². The monoisotopic (exact) mass is 581 g/mol. The number of nitrogens with zero attached hydrogens (tertiary/aromatic N) is 1. The van der Waals surface area contributed by atoms with E-state index in [2.05, 4.69) is 144 Å². The summed E-state index contributed by atoms with van der Waals surface area (Å²) in [6, 6.07) is 51.4. The van der Waals surface area contributed by atoms with Gasteiger partial charge in [0.25, 0.3) is 0 Å². The molecule has 7 aromatic carbocycles. The van der Waals surface area contributed by atoms with Crippen molar-refractivity contribution in [2.45, 2.75) is 0 Å². The first-order valence-corrected chi connectivity index (χ1v) is 16.2. The number of para-hydroxylation sites is 1. The summed E-state index contributed by atoms with van der Waals surface area (Å²) in [6.45, 7) is 0. The summed E-state index contributed by atoms with van der Waals surface area (Å²) < 4.78 is 7.88. The minimum Gasteiger partial charge on any atom is -0.308 e.